The van der Waals surface area contributed by atoms with E-state index in [4.69, 9.17) is 11.6 Å². The van der Waals surface area contributed by atoms with Gasteiger partial charge in [-0.15, -0.1) is 10.2 Å². The molecule has 0 aliphatic heterocycles. The fraction of sp³-hybridized carbons (Fsp3) is 0.211. The molecular formula is C19H16ClF3N6O2. The van der Waals surface area contributed by atoms with Crippen LogP contribution in [0.15, 0.2) is 48.5 Å². The van der Waals surface area contributed by atoms with Gasteiger partial charge in [0.25, 0.3) is 0 Å². The highest BCUT2D eigenvalue weighted by Crippen LogP contribution is 2.31. The first-order chi connectivity index (χ1) is 14.6. The molecule has 0 saturated carbocycles. The molecular weight excluding hydrogens is 437 g/mol. The number of rotatable bonds is 6. The average Bonchev–Trinajstić information content (AvgIpc) is 3.17. The molecule has 0 aliphatic carbocycles. The Morgan fingerprint density at radius 1 is 1.16 bits per heavy atom. The summed E-state index contributed by atoms with van der Waals surface area (Å²) in [6, 6.07) is 11.1. The van der Waals surface area contributed by atoms with Gasteiger partial charge >= 0.3 is 6.18 Å². The van der Waals surface area contributed by atoms with Gasteiger partial charge in [-0.25, -0.2) is 0 Å². The minimum absolute atomic E-state index is 0.0574. The van der Waals surface area contributed by atoms with Crippen LogP contribution in [-0.4, -0.2) is 50.5 Å². The van der Waals surface area contributed by atoms with Crippen LogP contribution < -0.4 is 5.32 Å². The standard InChI is InChI=1S/C19H16ClF3N6O2/c1-28(10-16(30)24-15-8-3-2-7-14(15)20)17(31)11-29-26-18(25-27-29)12-5-4-6-13(9-12)19(21,22)23/h2-9H,10-11H2,1H3,(H,24,30). The maximum atomic E-state index is 12.9. The number of anilines is 1. The number of likely N-dealkylation sites (N-methyl/N-ethyl adjacent to an activating group) is 1. The van der Waals surface area contributed by atoms with E-state index in [1.807, 2.05) is 0 Å². The van der Waals surface area contributed by atoms with E-state index >= 15 is 0 Å². The molecule has 0 atom stereocenters. The lowest BCUT2D eigenvalue weighted by Gasteiger charge is -2.16. The van der Waals surface area contributed by atoms with E-state index < -0.39 is 23.6 Å². The number of nitrogens with zero attached hydrogens (tertiary/aromatic N) is 5. The first-order valence-electron chi connectivity index (χ1n) is 8.87. The van der Waals surface area contributed by atoms with Crippen LogP contribution >= 0.6 is 11.6 Å². The molecule has 1 heterocycles. The maximum Gasteiger partial charge on any atom is 0.416 e. The monoisotopic (exact) mass is 452 g/mol. The van der Waals surface area contributed by atoms with Gasteiger partial charge in [0, 0.05) is 12.6 Å². The van der Waals surface area contributed by atoms with Crippen LogP contribution in [0, 0.1) is 0 Å². The Balaban J connectivity index is 1.60. The normalized spacial score (nSPS) is 11.3. The molecule has 0 aliphatic rings. The number of nitrogens with one attached hydrogen (secondary N) is 1. The lowest BCUT2D eigenvalue weighted by atomic mass is 10.1. The SMILES string of the molecule is CN(CC(=O)Nc1ccccc1Cl)C(=O)Cn1nnc(-c2cccc(C(F)(F)F)c2)n1. The van der Waals surface area contributed by atoms with Crippen molar-refractivity contribution in [2.75, 3.05) is 18.9 Å². The Hall–Kier alpha value is -3.47. The van der Waals surface area contributed by atoms with E-state index in [0.717, 1.165) is 21.8 Å². The minimum Gasteiger partial charge on any atom is -0.335 e. The Bertz CT molecular complexity index is 1100. The second-order valence-corrected chi connectivity index (χ2v) is 6.91. The topological polar surface area (TPSA) is 93.0 Å². The zero-order valence-corrected chi connectivity index (χ0v) is 16.9. The Kier molecular flexibility index (Phi) is 6.54. The molecule has 162 valence electrons. The largest absolute Gasteiger partial charge is 0.416 e. The first-order valence-corrected chi connectivity index (χ1v) is 9.25. The summed E-state index contributed by atoms with van der Waals surface area (Å²) in [6.45, 7) is -0.596. The van der Waals surface area contributed by atoms with Gasteiger partial charge in [-0.2, -0.15) is 18.0 Å². The van der Waals surface area contributed by atoms with Crippen LogP contribution in [0.2, 0.25) is 5.02 Å². The van der Waals surface area contributed by atoms with Crippen LogP contribution in [0.4, 0.5) is 18.9 Å². The van der Waals surface area contributed by atoms with Gasteiger partial charge in [0.15, 0.2) is 0 Å². The number of aromatic nitrogens is 4. The second-order valence-electron chi connectivity index (χ2n) is 6.50. The van der Waals surface area contributed by atoms with Crippen molar-refractivity contribution < 1.29 is 22.8 Å². The lowest BCUT2D eigenvalue weighted by Crippen LogP contribution is -2.37. The lowest BCUT2D eigenvalue weighted by molar-refractivity contribution is -0.137. The van der Waals surface area contributed by atoms with Crippen molar-refractivity contribution >= 4 is 29.1 Å². The van der Waals surface area contributed by atoms with Gasteiger partial charge in [-0.1, -0.05) is 35.9 Å². The molecule has 3 aromatic rings. The molecule has 0 radical (unpaired) electrons. The molecule has 2 aromatic carbocycles. The fourth-order valence-corrected chi connectivity index (χ4v) is 2.74. The number of carbonyl (C=O) groups excluding carboxylic acids is 2. The number of hydrogen-bond acceptors (Lipinski definition) is 5. The summed E-state index contributed by atoms with van der Waals surface area (Å²) in [5.74, 6) is -1.01. The van der Waals surface area contributed by atoms with E-state index in [1.54, 1.807) is 24.3 Å². The number of carbonyl (C=O) groups is 2. The van der Waals surface area contributed by atoms with Crippen molar-refractivity contribution in [3.8, 4) is 11.4 Å². The summed E-state index contributed by atoms with van der Waals surface area (Å²) in [6.07, 6.45) is -4.50. The zero-order valence-electron chi connectivity index (χ0n) is 16.1. The van der Waals surface area contributed by atoms with Gasteiger partial charge in [0.2, 0.25) is 17.6 Å². The van der Waals surface area contributed by atoms with Crippen LogP contribution in [0.1, 0.15) is 5.56 Å². The highest BCUT2D eigenvalue weighted by atomic mass is 35.5. The van der Waals surface area contributed by atoms with Crippen LogP contribution in [-0.2, 0) is 22.3 Å². The van der Waals surface area contributed by atoms with E-state index in [0.29, 0.717) is 10.7 Å². The van der Waals surface area contributed by atoms with E-state index in [2.05, 4.69) is 20.7 Å². The highest BCUT2D eigenvalue weighted by molar-refractivity contribution is 6.33. The van der Waals surface area contributed by atoms with Gasteiger partial charge < -0.3 is 10.2 Å². The van der Waals surface area contributed by atoms with Crippen molar-refractivity contribution in [2.45, 2.75) is 12.7 Å². The van der Waals surface area contributed by atoms with Crippen molar-refractivity contribution in [3.05, 3.63) is 59.1 Å². The number of tetrazole rings is 1. The Labute approximate surface area is 179 Å². The van der Waals surface area contributed by atoms with E-state index in [-0.39, 0.29) is 24.5 Å². The molecule has 0 fully saturated rings. The molecule has 8 nitrogen and oxygen atoms in total. The van der Waals surface area contributed by atoms with Crippen molar-refractivity contribution in [3.63, 3.8) is 0 Å². The molecule has 31 heavy (non-hydrogen) atoms. The molecule has 2 amide bonds. The van der Waals surface area contributed by atoms with Gasteiger partial charge in [0.1, 0.15) is 6.54 Å². The van der Waals surface area contributed by atoms with E-state index in [1.165, 1.54) is 19.2 Å². The van der Waals surface area contributed by atoms with Crippen molar-refractivity contribution in [1.29, 1.82) is 0 Å². The first kappa shape index (κ1) is 22.2. The summed E-state index contributed by atoms with van der Waals surface area (Å²) < 4.78 is 38.6. The molecule has 0 bridgehead atoms. The molecule has 0 saturated heterocycles. The van der Waals surface area contributed by atoms with Gasteiger partial charge in [0.05, 0.1) is 22.8 Å². The zero-order chi connectivity index (χ0) is 22.6. The molecule has 0 unspecified atom stereocenters. The number of halogens is 4. The third-order valence-electron chi connectivity index (χ3n) is 4.13. The smallest absolute Gasteiger partial charge is 0.335 e. The number of alkyl halides is 3. The third kappa shape index (κ3) is 5.79. The predicted molar refractivity (Wildman–Crippen MR) is 106 cm³/mol. The third-order valence-corrected chi connectivity index (χ3v) is 4.46. The summed E-state index contributed by atoms with van der Waals surface area (Å²) in [4.78, 5) is 26.6. The summed E-state index contributed by atoms with van der Waals surface area (Å²) in [5, 5.41) is 14.3. The minimum atomic E-state index is -4.50. The second kappa shape index (κ2) is 9.13. The molecule has 3 rings (SSSR count). The van der Waals surface area contributed by atoms with Crippen LogP contribution in [0.3, 0.4) is 0 Å². The molecule has 1 N–H and O–H groups in total. The predicted octanol–water partition coefficient (Wildman–Crippen LogP) is 3.11. The maximum absolute atomic E-state index is 12.9. The Morgan fingerprint density at radius 2 is 1.90 bits per heavy atom. The number of amides is 2. The quantitative estimate of drug-likeness (QED) is 0.620. The fourth-order valence-electron chi connectivity index (χ4n) is 2.56. The van der Waals surface area contributed by atoms with Crippen LogP contribution in [0.5, 0.6) is 0 Å². The van der Waals surface area contributed by atoms with Gasteiger partial charge in [-0.05, 0) is 29.5 Å². The summed E-state index contributed by atoms with van der Waals surface area (Å²) in [7, 11) is 1.42. The number of hydrogen-bond donors (Lipinski definition) is 1. The molecule has 0 spiro atoms. The number of benzene rings is 2. The van der Waals surface area contributed by atoms with Crippen LogP contribution in [0.25, 0.3) is 11.4 Å². The molecule has 1 aromatic heterocycles. The molecule has 12 heteroatoms. The summed E-state index contributed by atoms with van der Waals surface area (Å²) >= 11 is 5.98. The highest BCUT2D eigenvalue weighted by Gasteiger charge is 2.30. The van der Waals surface area contributed by atoms with Gasteiger partial charge in [-0.3, -0.25) is 9.59 Å². The van der Waals surface area contributed by atoms with Crippen molar-refractivity contribution in [1.82, 2.24) is 25.1 Å². The Morgan fingerprint density at radius 3 is 2.61 bits per heavy atom. The average molecular weight is 453 g/mol. The van der Waals surface area contributed by atoms with Crippen molar-refractivity contribution in [2.24, 2.45) is 0 Å². The van der Waals surface area contributed by atoms with E-state index in [9.17, 15) is 22.8 Å². The summed E-state index contributed by atoms with van der Waals surface area (Å²) in [5.41, 5.74) is -0.318. The number of para-hydroxylation sites is 1.